The molecule has 1 N–H and O–H groups in total. The summed E-state index contributed by atoms with van der Waals surface area (Å²) >= 11 is 3.41. The average molecular weight is 255 g/mol. The zero-order valence-corrected chi connectivity index (χ0v) is 9.87. The van der Waals surface area contributed by atoms with E-state index < -0.39 is 5.97 Å². The highest BCUT2D eigenvalue weighted by Gasteiger charge is 2.07. The molecule has 0 aromatic carbocycles. The summed E-state index contributed by atoms with van der Waals surface area (Å²) in [6.45, 7) is 0.656. The van der Waals surface area contributed by atoms with Crippen molar-refractivity contribution in [1.82, 2.24) is 15.0 Å². The molecule has 2 aromatic heterocycles. The van der Waals surface area contributed by atoms with Crippen LogP contribution in [0.4, 0.5) is 0 Å². The van der Waals surface area contributed by atoms with Crippen LogP contribution >= 0.6 is 23.1 Å². The second-order valence-electron chi connectivity index (χ2n) is 2.95. The van der Waals surface area contributed by atoms with E-state index in [0.29, 0.717) is 6.54 Å². The fraction of sp³-hybridized carbons (Fsp3) is 0.222. The van der Waals surface area contributed by atoms with Crippen LogP contribution in [0.25, 0.3) is 0 Å². The highest BCUT2D eigenvalue weighted by Crippen LogP contribution is 2.23. The number of aromatic carboxylic acids is 1. The van der Waals surface area contributed by atoms with Gasteiger partial charge in [0.05, 0.1) is 17.0 Å². The van der Waals surface area contributed by atoms with Gasteiger partial charge in [0.2, 0.25) is 0 Å². The molecule has 0 atom stereocenters. The van der Waals surface area contributed by atoms with E-state index in [0.717, 1.165) is 5.75 Å². The third-order valence-electron chi connectivity index (χ3n) is 1.82. The van der Waals surface area contributed by atoms with E-state index >= 15 is 0 Å². The van der Waals surface area contributed by atoms with Crippen LogP contribution in [0.1, 0.15) is 10.5 Å². The fourth-order valence-corrected chi connectivity index (χ4v) is 2.88. The average Bonchev–Trinajstić information content (AvgIpc) is 2.87. The highest BCUT2D eigenvalue weighted by molar-refractivity contribution is 8.01. The van der Waals surface area contributed by atoms with Crippen LogP contribution in [-0.4, -0.2) is 31.8 Å². The summed E-state index contributed by atoms with van der Waals surface area (Å²) in [5.74, 6) is -0.194. The first-order valence-electron chi connectivity index (χ1n) is 4.55. The van der Waals surface area contributed by atoms with Crippen molar-refractivity contribution in [2.45, 2.75) is 10.8 Å². The monoisotopic (exact) mass is 255 g/mol. The lowest BCUT2D eigenvalue weighted by Gasteiger charge is -1.97. The minimum Gasteiger partial charge on any atom is -0.476 e. The predicted molar refractivity (Wildman–Crippen MR) is 62.0 cm³/mol. The van der Waals surface area contributed by atoms with Crippen molar-refractivity contribution in [1.29, 1.82) is 0 Å². The first-order valence-corrected chi connectivity index (χ1v) is 6.42. The zero-order valence-electron chi connectivity index (χ0n) is 8.24. The van der Waals surface area contributed by atoms with Gasteiger partial charge in [-0.1, -0.05) is 11.3 Å². The van der Waals surface area contributed by atoms with Gasteiger partial charge in [-0.05, 0) is 11.4 Å². The molecule has 5 nitrogen and oxygen atoms in total. The van der Waals surface area contributed by atoms with Crippen LogP contribution in [-0.2, 0) is 6.54 Å². The molecule has 0 unspecified atom stereocenters. The lowest BCUT2D eigenvalue weighted by atomic mass is 10.5. The minimum absolute atomic E-state index is 0.0128. The van der Waals surface area contributed by atoms with E-state index in [9.17, 15) is 4.79 Å². The minimum atomic E-state index is -1.04. The van der Waals surface area contributed by atoms with Crippen molar-refractivity contribution in [3.05, 3.63) is 29.4 Å². The molecule has 0 fully saturated rings. The van der Waals surface area contributed by atoms with E-state index in [-0.39, 0.29) is 5.69 Å². The number of thiophene rings is 1. The quantitative estimate of drug-likeness (QED) is 0.825. The molecule has 0 saturated heterocycles. The lowest BCUT2D eigenvalue weighted by molar-refractivity contribution is 0.0690. The van der Waals surface area contributed by atoms with Crippen LogP contribution in [0.15, 0.2) is 27.9 Å². The smallest absolute Gasteiger partial charge is 0.358 e. The van der Waals surface area contributed by atoms with Crippen molar-refractivity contribution in [2.75, 3.05) is 5.75 Å². The Morgan fingerprint density at radius 2 is 2.50 bits per heavy atom. The summed E-state index contributed by atoms with van der Waals surface area (Å²) in [5.41, 5.74) is -0.0128. The summed E-state index contributed by atoms with van der Waals surface area (Å²) in [4.78, 5) is 10.6. The summed E-state index contributed by atoms with van der Waals surface area (Å²) in [6.07, 6.45) is 1.44. The molecule has 16 heavy (non-hydrogen) atoms. The second kappa shape index (κ2) is 5.13. The third-order valence-corrected chi connectivity index (χ3v) is 3.93. The van der Waals surface area contributed by atoms with Crippen molar-refractivity contribution < 1.29 is 9.90 Å². The van der Waals surface area contributed by atoms with Crippen molar-refractivity contribution in [3.63, 3.8) is 0 Å². The van der Waals surface area contributed by atoms with Gasteiger partial charge in [-0.15, -0.1) is 28.2 Å². The van der Waals surface area contributed by atoms with Gasteiger partial charge in [-0.2, -0.15) is 0 Å². The number of aryl methyl sites for hydroxylation is 1. The number of carboxylic acids is 1. The van der Waals surface area contributed by atoms with Gasteiger partial charge in [0, 0.05) is 5.75 Å². The Labute approximate surface area is 100 Å². The molecule has 0 amide bonds. The molecule has 0 saturated carbocycles. The number of hydrogen-bond donors (Lipinski definition) is 1. The number of thioether (sulfide) groups is 1. The first-order chi connectivity index (χ1) is 7.75. The van der Waals surface area contributed by atoms with Gasteiger partial charge in [0.1, 0.15) is 0 Å². The molecule has 0 aliphatic rings. The Kier molecular flexibility index (Phi) is 3.58. The predicted octanol–water partition coefficient (Wildman–Crippen LogP) is 1.83. The van der Waals surface area contributed by atoms with Crippen LogP contribution in [0.5, 0.6) is 0 Å². The fourth-order valence-electron chi connectivity index (χ4n) is 1.09. The Hall–Kier alpha value is -1.34. The molecule has 84 valence electrons. The molecule has 0 radical (unpaired) electrons. The van der Waals surface area contributed by atoms with E-state index in [2.05, 4.69) is 16.4 Å². The molecular weight excluding hydrogens is 246 g/mol. The number of rotatable bonds is 5. The van der Waals surface area contributed by atoms with Crippen LogP contribution in [0.3, 0.4) is 0 Å². The molecule has 2 heterocycles. The third kappa shape index (κ3) is 2.83. The summed E-state index contributed by atoms with van der Waals surface area (Å²) in [6, 6.07) is 4.06. The molecule has 7 heteroatoms. The van der Waals surface area contributed by atoms with Gasteiger partial charge in [0.25, 0.3) is 0 Å². The standard InChI is InChI=1S/C9H9N3O2S2/c13-9(14)7-6-12(11-10-7)3-5-16-8-2-1-4-15-8/h1-2,4,6H,3,5H2,(H,13,14). The van der Waals surface area contributed by atoms with Crippen molar-refractivity contribution in [3.8, 4) is 0 Å². The van der Waals surface area contributed by atoms with Gasteiger partial charge < -0.3 is 5.11 Å². The van der Waals surface area contributed by atoms with Crippen LogP contribution in [0.2, 0.25) is 0 Å². The van der Waals surface area contributed by atoms with Gasteiger partial charge in [0.15, 0.2) is 5.69 Å². The van der Waals surface area contributed by atoms with E-state index in [1.54, 1.807) is 27.8 Å². The number of aromatic nitrogens is 3. The van der Waals surface area contributed by atoms with E-state index in [1.165, 1.54) is 10.4 Å². The SMILES string of the molecule is O=C(O)c1cn(CCSc2cccs2)nn1. The number of carbonyl (C=O) groups is 1. The zero-order chi connectivity index (χ0) is 11.4. The summed E-state index contributed by atoms with van der Waals surface area (Å²) < 4.78 is 2.79. The van der Waals surface area contributed by atoms with Crippen molar-refractivity contribution >= 4 is 29.1 Å². The van der Waals surface area contributed by atoms with Gasteiger partial charge in [-0.3, -0.25) is 4.68 Å². The summed E-state index contributed by atoms with van der Waals surface area (Å²) in [5, 5.41) is 18.0. The van der Waals surface area contributed by atoms with Gasteiger partial charge in [-0.25, -0.2) is 4.79 Å². The Bertz CT molecular complexity index is 467. The number of nitrogens with zero attached hydrogens (tertiary/aromatic N) is 3. The Morgan fingerprint density at radius 1 is 1.62 bits per heavy atom. The van der Waals surface area contributed by atoms with Gasteiger partial charge >= 0.3 is 5.97 Å². The maximum Gasteiger partial charge on any atom is 0.358 e. The van der Waals surface area contributed by atoms with Crippen LogP contribution in [0, 0.1) is 0 Å². The lowest BCUT2D eigenvalue weighted by Crippen LogP contribution is -2.00. The Morgan fingerprint density at radius 3 is 3.12 bits per heavy atom. The largest absolute Gasteiger partial charge is 0.476 e. The van der Waals surface area contributed by atoms with E-state index in [1.807, 2.05) is 11.4 Å². The summed E-state index contributed by atoms with van der Waals surface area (Å²) in [7, 11) is 0. The highest BCUT2D eigenvalue weighted by atomic mass is 32.2. The maximum absolute atomic E-state index is 10.6. The molecule has 2 aromatic rings. The second-order valence-corrected chi connectivity index (χ2v) is 5.30. The molecular formula is C9H9N3O2S2. The van der Waals surface area contributed by atoms with E-state index in [4.69, 9.17) is 5.11 Å². The molecule has 0 aliphatic heterocycles. The molecule has 0 aliphatic carbocycles. The normalized spacial score (nSPS) is 10.5. The van der Waals surface area contributed by atoms with Crippen LogP contribution < -0.4 is 0 Å². The molecule has 0 bridgehead atoms. The Balaban J connectivity index is 1.83. The molecule has 0 spiro atoms. The topological polar surface area (TPSA) is 68.0 Å². The first kappa shape index (κ1) is 11.2. The van der Waals surface area contributed by atoms with Crippen molar-refractivity contribution in [2.24, 2.45) is 0 Å². The number of carboxylic acid groups (broad SMARTS) is 1. The maximum atomic E-state index is 10.6. The number of hydrogen-bond acceptors (Lipinski definition) is 5. The molecule has 2 rings (SSSR count).